The summed E-state index contributed by atoms with van der Waals surface area (Å²) >= 11 is 0. The van der Waals surface area contributed by atoms with E-state index in [0.29, 0.717) is 6.04 Å². The molecule has 3 aromatic carbocycles. The van der Waals surface area contributed by atoms with Crippen molar-refractivity contribution in [3.63, 3.8) is 0 Å². The van der Waals surface area contributed by atoms with Gasteiger partial charge in [0.2, 0.25) is 0 Å². The Labute approximate surface area is 175 Å². The fraction of sp³-hybridized carbons (Fsp3) is 0.250. The van der Waals surface area contributed by atoms with Gasteiger partial charge < -0.3 is 21.9 Å². The summed E-state index contributed by atoms with van der Waals surface area (Å²) in [7, 11) is 0.548. The van der Waals surface area contributed by atoms with Crippen LogP contribution in [0.3, 0.4) is 0 Å². The number of halogens is 1. The van der Waals surface area contributed by atoms with Gasteiger partial charge in [0.15, 0.2) is 0 Å². The van der Waals surface area contributed by atoms with E-state index in [-0.39, 0.29) is 17.0 Å². The number of rotatable bonds is 7. The molecule has 0 atom stereocenters. The van der Waals surface area contributed by atoms with Crippen LogP contribution >= 0.6 is 7.26 Å². The first-order chi connectivity index (χ1) is 12.6. The molecule has 0 aromatic heterocycles. The van der Waals surface area contributed by atoms with Crippen molar-refractivity contribution in [1.82, 2.24) is 4.90 Å². The summed E-state index contributed by atoms with van der Waals surface area (Å²) in [4.78, 5) is 2.46. The summed E-state index contributed by atoms with van der Waals surface area (Å²) < 4.78 is 0. The van der Waals surface area contributed by atoms with Gasteiger partial charge in [0.25, 0.3) is 0 Å². The number of hydrogen-bond donors (Lipinski definition) is 0. The van der Waals surface area contributed by atoms with Crippen LogP contribution in [-0.2, 0) is 0 Å². The third-order valence-corrected chi connectivity index (χ3v) is 9.67. The minimum atomic E-state index is -1.69. The lowest BCUT2D eigenvalue weighted by Gasteiger charge is -2.30. The maximum Gasteiger partial charge on any atom is 0.113 e. The Morgan fingerprint density at radius 2 is 1.00 bits per heavy atom. The minimum absolute atomic E-state index is 0. The van der Waals surface area contributed by atoms with Crippen molar-refractivity contribution < 1.29 is 17.0 Å². The highest BCUT2D eigenvalue weighted by molar-refractivity contribution is 7.95. The highest BCUT2D eigenvalue weighted by Crippen LogP contribution is 2.55. The second kappa shape index (κ2) is 10.2. The lowest BCUT2D eigenvalue weighted by Crippen LogP contribution is -3.00. The van der Waals surface area contributed by atoms with Crippen molar-refractivity contribution in [2.45, 2.75) is 19.9 Å². The minimum Gasteiger partial charge on any atom is -1.00 e. The van der Waals surface area contributed by atoms with Crippen molar-refractivity contribution >= 4 is 23.2 Å². The topological polar surface area (TPSA) is 3.24 Å². The van der Waals surface area contributed by atoms with E-state index in [1.165, 1.54) is 15.9 Å². The van der Waals surface area contributed by atoms with Crippen LogP contribution in [0, 0.1) is 0 Å². The van der Waals surface area contributed by atoms with E-state index in [2.05, 4.69) is 117 Å². The fourth-order valence-corrected chi connectivity index (χ4v) is 7.78. The van der Waals surface area contributed by atoms with E-state index in [1.54, 1.807) is 0 Å². The molecule has 0 aliphatic rings. The molecule has 3 rings (SSSR count). The molecule has 0 aliphatic carbocycles. The second-order valence-corrected chi connectivity index (χ2v) is 10.7. The highest BCUT2D eigenvalue weighted by Gasteiger charge is 2.44. The van der Waals surface area contributed by atoms with Gasteiger partial charge in [-0.3, -0.25) is 0 Å². The Balaban J connectivity index is 0.00000261. The maximum absolute atomic E-state index is 2.46. The van der Waals surface area contributed by atoms with Crippen LogP contribution in [-0.4, -0.2) is 30.7 Å². The smallest absolute Gasteiger partial charge is 0.113 e. The Hall–Kier alpha value is -1.47. The van der Waals surface area contributed by atoms with Crippen molar-refractivity contribution in [3.05, 3.63) is 91.0 Å². The lowest BCUT2D eigenvalue weighted by atomic mass is 10.3. The molecule has 0 amide bonds. The molecule has 27 heavy (non-hydrogen) atoms. The summed E-state index contributed by atoms with van der Waals surface area (Å²) in [5, 5.41) is 4.40. The van der Waals surface area contributed by atoms with Crippen LogP contribution in [0.4, 0.5) is 0 Å². The van der Waals surface area contributed by atoms with Crippen LogP contribution < -0.4 is 32.9 Å². The van der Waals surface area contributed by atoms with Gasteiger partial charge >= 0.3 is 0 Å². The first kappa shape index (κ1) is 21.8. The zero-order chi connectivity index (χ0) is 18.4. The molecular weight excluding hydrogens is 413 g/mol. The zero-order valence-corrected chi connectivity index (χ0v) is 18.9. The SMILES string of the molecule is CC(C)N(C)CC[P+](c1ccccc1)(c1ccccc1)c1ccccc1.[Br-]. The van der Waals surface area contributed by atoms with Crippen LogP contribution in [0.15, 0.2) is 91.0 Å². The van der Waals surface area contributed by atoms with Gasteiger partial charge in [-0.2, -0.15) is 0 Å². The Kier molecular flexibility index (Phi) is 8.23. The summed E-state index contributed by atoms with van der Waals surface area (Å²) in [6.07, 6.45) is 1.15. The standard InChI is InChI=1S/C24H29NP.BrH/c1-21(2)25(3)19-20-26(22-13-7-4-8-14-22,23-15-9-5-10-16-23)24-17-11-6-12-18-24;/h4-18,21H,19-20H2,1-3H3;1H/q+1;/p-1. The van der Waals surface area contributed by atoms with Crippen LogP contribution in [0.25, 0.3) is 0 Å². The molecule has 0 N–H and O–H groups in total. The molecule has 0 spiro atoms. The Morgan fingerprint density at radius 1 is 0.667 bits per heavy atom. The van der Waals surface area contributed by atoms with Crippen LogP contribution in [0.5, 0.6) is 0 Å². The average Bonchev–Trinajstić information content (AvgIpc) is 2.70. The molecule has 1 nitrogen and oxygen atoms in total. The highest BCUT2D eigenvalue weighted by atomic mass is 79.9. The summed E-state index contributed by atoms with van der Waals surface area (Å²) in [6, 6.07) is 33.9. The number of hydrogen-bond acceptors (Lipinski definition) is 1. The number of benzene rings is 3. The van der Waals surface area contributed by atoms with E-state index in [4.69, 9.17) is 0 Å². The third-order valence-electron chi connectivity index (χ3n) is 5.26. The van der Waals surface area contributed by atoms with E-state index in [0.717, 1.165) is 12.7 Å². The van der Waals surface area contributed by atoms with Gasteiger partial charge in [0, 0.05) is 12.6 Å². The van der Waals surface area contributed by atoms with Crippen molar-refractivity contribution in [1.29, 1.82) is 0 Å². The molecule has 0 aliphatic heterocycles. The predicted octanol–water partition coefficient (Wildman–Crippen LogP) is 1.32. The molecule has 0 unspecified atom stereocenters. The van der Waals surface area contributed by atoms with E-state index >= 15 is 0 Å². The van der Waals surface area contributed by atoms with E-state index in [9.17, 15) is 0 Å². The van der Waals surface area contributed by atoms with Gasteiger partial charge in [0.1, 0.15) is 23.2 Å². The lowest BCUT2D eigenvalue weighted by molar-refractivity contribution is -0.00000537. The Bertz CT molecular complexity index is 694. The van der Waals surface area contributed by atoms with Gasteiger partial charge in [0.05, 0.1) is 6.16 Å². The maximum atomic E-state index is 2.46. The summed E-state index contributed by atoms with van der Waals surface area (Å²) in [5.74, 6) is 0. The van der Waals surface area contributed by atoms with Gasteiger partial charge in [-0.1, -0.05) is 54.6 Å². The zero-order valence-electron chi connectivity index (χ0n) is 16.4. The molecule has 0 radical (unpaired) electrons. The van der Waals surface area contributed by atoms with Crippen molar-refractivity contribution in [3.8, 4) is 0 Å². The fourth-order valence-electron chi connectivity index (χ4n) is 3.45. The van der Waals surface area contributed by atoms with Gasteiger partial charge in [-0.15, -0.1) is 0 Å². The van der Waals surface area contributed by atoms with Crippen molar-refractivity contribution in [2.24, 2.45) is 0 Å². The Morgan fingerprint density at radius 3 is 1.30 bits per heavy atom. The molecule has 0 bridgehead atoms. The first-order valence-electron chi connectivity index (χ1n) is 9.40. The molecular formula is C24H29BrNP. The van der Waals surface area contributed by atoms with Crippen molar-refractivity contribution in [2.75, 3.05) is 19.8 Å². The van der Waals surface area contributed by atoms with Gasteiger partial charge in [-0.05, 0) is 57.3 Å². The van der Waals surface area contributed by atoms with E-state index < -0.39 is 7.26 Å². The second-order valence-electron chi connectivity index (χ2n) is 7.11. The summed E-state index contributed by atoms with van der Waals surface area (Å²) in [6.45, 7) is 5.63. The molecule has 0 saturated carbocycles. The monoisotopic (exact) mass is 441 g/mol. The third kappa shape index (κ3) is 4.88. The number of nitrogens with zero attached hydrogens (tertiary/aromatic N) is 1. The van der Waals surface area contributed by atoms with Gasteiger partial charge in [-0.25, -0.2) is 0 Å². The molecule has 3 heteroatoms. The predicted molar refractivity (Wildman–Crippen MR) is 118 cm³/mol. The normalized spacial score (nSPS) is 11.4. The molecule has 0 heterocycles. The molecule has 0 fully saturated rings. The molecule has 142 valence electrons. The first-order valence-corrected chi connectivity index (χ1v) is 11.4. The van der Waals surface area contributed by atoms with Crippen LogP contribution in [0.2, 0.25) is 0 Å². The largest absolute Gasteiger partial charge is 1.00 e. The molecule has 3 aromatic rings. The summed E-state index contributed by atoms with van der Waals surface area (Å²) in [5.41, 5.74) is 0. The quantitative estimate of drug-likeness (QED) is 0.500. The molecule has 0 saturated heterocycles. The average molecular weight is 442 g/mol. The van der Waals surface area contributed by atoms with E-state index in [1.807, 2.05) is 0 Å². The van der Waals surface area contributed by atoms with Crippen LogP contribution in [0.1, 0.15) is 13.8 Å².